The highest BCUT2D eigenvalue weighted by Gasteiger charge is 2.11. The molecule has 3 rings (SSSR count). The van der Waals surface area contributed by atoms with E-state index in [1.807, 2.05) is 35.7 Å². The molecule has 0 bridgehead atoms. The lowest BCUT2D eigenvalue weighted by Crippen LogP contribution is -2.23. The van der Waals surface area contributed by atoms with E-state index < -0.39 is 5.91 Å². The molecule has 0 atom stereocenters. The van der Waals surface area contributed by atoms with Crippen molar-refractivity contribution in [3.63, 3.8) is 0 Å². The van der Waals surface area contributed by atoms with Crippen LogP contribution in [0.3, 0.4) is 0 Å². The normalized spacial score (nSPS) is 9.89. The van der Waals surface area contributed by atoms with Crippen molar-refractivity contribution in [1.82, 2.24) is 15.8 Å². The van der Waals surface area contributed by atoms with Crippen molar-refractivity contribution in [2.75, 3.05) is 6.54 Å². The summed E-state index contributed by atoms with van der Waals surface area (Å²) in [5, 5.41) is 13.6. The van der Waals surface area contributed by atoms with Gasteiger partial charge in [0.05, 0.1) is 12.2 Å². The van der Waals surface area contributed by atoms with Gasteiger partial charge >= 0.3 is 0 Å². The molecule has 2 aromatic carbocycles. The molecule has 140 valence electrons. The van der Waals surface area contributed by atoms with Crippen molar-refractivity contribution in [2.45, 2.75) is 6.42 Å². The average Bonchev–Trinajstić information content (AvgIpc) is 3.24. The van der Waals surface area contributed by atoms with Crippen molar-refractivity contribution in [3.8, 4) is 23.1 Å². The third-order valence-corrected chi connectivity index (χ3v) is 4.68. The molecule has 1 heterocycles. The largest absolute Gasteiger partial charge is 0.339 e. The van der Waals surface area contributed by atoms with Gasteiger partial charge in [-0.1, -0.05) is 54.3 Å². The molecule has 3 N–H and O–H groups in total. The standard InChI is InChI=1S/C21H17N3O3S/c25-19(24-27)17-11-9-15(10-12-17)6-4-5-13-22-20(26)21-23-18(14-28-21)16-7-2-1-3-8-16/h1-3,7-12,14,27H,6,13H2,(H,22,26)(H,24,25). The molecule has 3 aromatic rings. The zero-order valence-corrected chi connectivity index (χ0v) is 15.6. The number of amides is 2. The quantitative estimate of drug-likeness (QED) is 0.354. The first kappa shape index (κ1) is 19.3. The molecule has 1 aromatic heterocycles. The molecule has 2 amide bonds. The van der Waals surface area contributed by atoms with Crippen molar-refractivity contribution in [1.29, 1.82) is 0 Å². The maximum atomic E-state index is 12.2. The number of nitrogens with zero attached hydrogens (tertiary/aromatic N) is 1. The van der Waals surface area contributed by atoms with Crippen molar-refractivity contribution >= 4 is 23.2 Å². The highest BCUT2D eigenvalue weighted by Crippen LogP contribution is 2.21. The summed E-state index contributed by atoms with van der Waals surface area (Å²) in [6.07, 6.45) is 0.492. The van der Waals surface area contributed by atoms with Gasteiger partial charge in [-0.3, -0.25) is 14.8 Å². The molecular formula is C21H17N3O3S. The first-order valence-electron chi connectivity index (χ1n) is 8.45. The van der Waals surface area contributed by atoms with Crippen LogP contribution in [0.4, 0.5) is 0 Å². The van der Waals surface area contributed by atoms with Gasteiger partial charge in [0.15, 0.2) is 5.01 Å². The monoisotopic (exact) mass is 391 g/mol. The van der Waals surface area contributed by atoms with E-state index in [4.69, 9.17) is 5.21 Å². The van der Waals surface area contributed by atoms with E-state index >= 15 is 0 Å². The first-order chi connectivity index (χ1) is 13.7. The number of aromatic nitrogens is 1. The van der Waals surface area contributed by atoms with E-state index in [0.29, 0.717) is 17.0 Å². The molecule has 0 fully saturated rings. The molecule has 0 aliphatic rings. The Morgan fingerprint density at radius 1 is 1.00 bits per heavy atom. The van der Waals surface area contributed by atoms with E-state index in [1.165, 1.54) is 11.3 Å². The number of thiazole rings is 1. The molecule has 7 heteroatoms. The number of hydrogen-bond acceptors (Lipinski definition) is 5. The smallest absolute Gasteiger partial charge is 0.281 e. The zero-order valence-electron chi connectivity index (χ0n) is 14.8. The predicted octanol–water partition coefficient (Wildman–Crippen LogP) is 2.91. The van der Waals surface area contributed by atoms with E-state index in [-0.39, 0.29) is 12.5 Å². The third kappa shape index (κ3) is 5.04. The second-order valence-electron chi connectivity index (χ2n) is 5.75. The van der Waals surface area contributed by atoms with Gasteiger partial charge in [-0.05, 0) is 17.7 Å². The van der Waals surface area contributed by atoms with Crippen LogP contribution in [-0.2, 0) is 6.42 Å². The number of carbonyl (C=O) groups excluding carboxylic acids is 2. The number of carbonyl (C=O) groups is 2. The molecular weight excluding hydrogens is 374 g/mol. The second kappa shape index (κ2) is 9.46. The summed E-state index contributed by atoms with van der Waals surface area (Å²) in [5.41, 5.74) is 4.63. The summed E-state index contributed by atoms with van der Waals surface area (Å²) in [7, 11) is 0. The van der Waals surface area contributed by atoms with Gasteiger partial charge in [-0.2, -0.15) is 0 Å². The minimum Gasteiger partial charge on any atom is -0.339 e. The van der Waals surface area contributed by atoms with Crippen LogP contribution < -0.4 is 10.8 Å². The predicted molar refractivity (Wildman–Crippen MR) is 107 cm³/mol. The Morgan fingerprint density at radius 3 is 2.46 bits per heavy atom. The van der Waals surface area contributed by atoms with Crippen LogP contribution in [0.1, 0.15) is 25.7 Å². The maximum absolute atomic E-state index is 12.2. The highest BCUT2D eigenvalue weighted by atomic mass is 32.1. The summed E-state index contributed by atoms with van der Waals surface area (Å²) in [6, 6.07) is 16.4. The first-order valence-corrected chi connectivity index (χ1v) is 9.33. The Bertz CT molecular complexity index is 1020. The maximum Gasteiger partial charge on any atom is 0.281 e. The van der Waals surface area contributed by atoms with Crippen molar-refractivity contribution in [2.24, 2.45) is 0 Å². The van der Waals surface area contributed by atoms with Crippen LogP contribution in [0.15, 0.2) is 60.0 Å². The Labute approximate surface area is 166 Å². The van der Waals surface area contributed by atoms with Crippen LogP contribution in [0.2, 0.25) is 0 Å². The Kier molecular flexibility index (Phi) is 6.52. The SMILES string of the molecule is O=C(NO)c1ccc(CC#CCNC(=O)c2nc(-c3ccccc3)cs2)cc1. The minimum atomic E-state index is -0.557. The fourth-order valence-electron chi connectivity index (χ4n) is 2.39. The van der Waals surface area contributed by atoms with Gasteiger partial charge in [0.25, 0.3) is 11.8 Å². The van der Waals surface area contributed by atoms with Gasteiger partial charge < -0.3 is 5.32 Å². The van der Waals surface area contributed by atoms with E-state index in [1.54, 1.807) is 29.7 Å². The molecule has 6 nitrogen and oxygen atoms in total. The molecule has 0 saturated carbocycles. The molecule has 28 heavy (non-hydrogen) atoms. The Hall–Kier alpha value is -3.47. The van der Waals surface area contributed by atoms with Crippen molar-refractivity contribution < 1.29 is 14.8 Å². The fraction of sp³-hybridized carbons (Fsp3) is 0.0952. The summed E-state index contributed by atoms with van der Waals surface area (Å²) in [5.74, 6) is 5.06. The van der Waals surface area contributed by atoms with Gasteiger partial charge in [0, 0.05) is 22.9 Å². The van der Waals surface area contributed by atoms with Crippen LogP contribution in [-0.4, -0.2) is 28.6 Å². The van der Waals surface area contributed by atoms with Crippen molar-refractivity contribution in [3.05, 3.63) is 76.1 Å². The van der Waals surface area contributed by atoms with E-state index in [9.17, 15) is 9.59 Å². The number of nitrogens with one attached hydrogen (secondary N) is 2. The molecule has 0 aliphatic heterocycles. The summed E-state index contributed by atoms with van der Waals surface area (Å²) < 4.78 is 0. The number of benzene rings is 2. The van der Waals surface area contributed by atoms with Crippen LogP contribution >= 0.6 is 11.3 Å². The minimum absolute atomic E-state index is 0.226. The fourth-order valence-corrected chi connectivity index (χ4v) is 3.13. The summed E-state index contributed by atoms with van der Waals surface area (Å²) >= 11 is 1.30. The lowest BCUT2D eigenvalue weighted by Gasteiger charge is -2.00. The van der Waals surface area contributed by atoms with Gasteiger partial charge in [-0.15, -0.1) is 11.3 Å². The van der Waals surface area contributed by atoms with E-state index in [0.717, 1.165) is 16.8 Å². The lowest BCUT2D eigenvalue weighted by molar-refractivity contribution is 0.0706. The van der Waals surface area contributed by atoms with Gasteiger partial charge in [0.2, 0.25) is 0 Å². The number of hydrogen-bond donors (Lipinski definition) is 3. The Balaban J connectivity index is 1.49. The second-order valence-corrected chi connectivity index (χ2v) is 6.61. The van der Waals surface area contributed by atoms with Crippen LogP contribution in [0.5, 0.6) is 0 Å². The van der Waals surface area contributed by atoms with E-state index in [2.05, 4.69) is 22.1 Å². The summed E-state index contributed by atoms with van der Waals surface area (Å²) in [6.45, 7) is 0.226. The summed E-state index contributed by atoms with van der Waals surface area (Å²) in [4.78, 5) is 27.8. The third-order valence-electron chi connectivity index (χ3n) is 3.84. The molecule has 0 spiro atoms. The van der Waals surface area contributed by atoms with Crippen LogP contribution in [0, 0.1) is 11.8 Å². The average molecular weight is 391 g/mol. The van der Waals surface area contributed by atoms with Gasteiger partial charge in [-0.25, -0.2) is 10.5 Å². The van der Waals surface area contributed by atoms with Gasteiger partial charge in [0.1, 0.15) is 0 Å². The van der Waals surface area contributed by atoms with Crippen LogP contribution in [0.25, 0.3) is 11.3 Å². The number of hydroxylamine groups is 1. The Morgan fingerprint density at radius 2 is 1.75 bits per heavy atom. The topological polar surface area (TPSA) is 91.3 Å². The number of rotatable bonds is 5. The zero-order chi connectivity index (χ0) is 19.8. The molecule has 0 unspecified atom stereocenters. The molecule has 0 radical (unpaired) electrons. The molecule has 0 aliphatic carbocycles. The molecule has 0 saturated heterocycles. The lowest BCUT2D eigenvalue weighted by atomic mass is 10.1. The highest BCUT2D eigenvalue weighted by molar-refractivity contribution is 7.12.